The van der Waals surface area contributed by atoms with Gasteiger partial charge in [0.15, 0.2) is 0 Å². The van der Waals surface area contributed by atoms with Crippen LogP contribution in [0.3, 0.4) is 0 Å². The highest BCUT2D eigenvalue weighted by molar-refractivity contribution is 6.00. The first-order valence-electron chi connectivity index (χ1n) is 10.4. The van der Waals surface area contributed by atoms with Crippen LogP contribution in [0.4, 0.5) is 0 Å². The Morgan fingerprint density at radius 1 is 0.852 bits per heavy atom. The number of benzene rings is 2. The minimum absolute atomic E-state index is 0.705. The number of rotatable bonds is 11. The molecular weight excluding hydrogens is 332 g/mol. The fourth-order valence-electron chi connectivity index (χ4n) is 3.62. The Morgan fingerprint density at radius 2 is 1.56 bits per heavy atom. The second-order valence-corrected chi connectivity index (χ2v) is 7.33. The van der Waals surface area contributed by atoms with E-state index in [9.17, 15) is 0 Å². The van der Waals surface area contributed by atoms with Crippen LogP contribution in [0.2, 0.25) is 0 Å². The van der Waals surface area contributed by atoms with Crippen molar-refractivity contribution < 1.29 is 4.84 Å². The van der Waals surface area contributed by atoms with Gasteiger partial charge >= 0.3 is 0 Å². The first-order valence-corrected chi connectivity index (χ1v) is 10.4. The summed E-state index contributed by atoms with van der Waals surface area (Å²) in [7, 11) is 0. The molecule has 0 aromatic heterocycles. The summed E-state index contributed by atoms with van der Waals surface area (Å²) in [4.78, 5) is 8.21. The average molecular weight is 365 g/mol. The molecule has 0 N–H and O–H groups in total. The van der Waals surface area contributed by atoms with Crippen molar-refractivity contribution in [1.29, 1.82) is 0 Å². The van der Waals surface area contributed by atoms with Gasteiger partial charge in [0, 0.05) is 6.54 Å². The van der Waals surface area contributed by atoms with Crippen LogP contribution in [0.1, 0.15) is 49.7 Å². The zero-order chi connectivity index (χ0) is 18.6. The lowest BCUT2D eigenvalue weighted by atomic mass is 10.0. The maximum absolute atomic E-state index is 5.69. The van der Waals surface area contributed by atoms with Crippen LogP contribution in [-0.4, -0.2) is 36.9 Å². The van der Waals surface area contributed by atoms with Gasteiger partial charge in [0.1, 0.15) is 6.61 Å². The largest absolute Gasteiger partial charge is 0.396 e. The fourth-order valence-corrected chi connectivity index (χ4v) is 3.62. The van der Waals surface area contributed by atoms with Gasteiger partial charge in [-0.2, -0.15) is 0 Å². The molecule has 3 nitrogen and oxygen atoms in total. The molecule has 1 aliphatic rings. The molecular formula is C24H32N2O. The zero-order valence-corrected chi connectivity index (χ0v) is 16.4. The topological polar surface area (TPSA) is 24.8 Å². The number of nitrogens with zero attached hydrogens (tertiary/aromatic N) is 2. The van der Waals surface area contributed by atoms with Gasteiger partial charge in [-0.15, -0.1) is 0 Å². The molecule has 0 radical (unpaired) electrons. The van der Waals surface area contributed by atoms with Crippen molar-refractivity contribution in [2.45, 2.75) is 44.9 Å². The van der Waals surface area contributed by atoms with Crippen LogP contribution in [0, 0.1) is 0 Å². The maximum atomic E-state index is 5.69. The van der Waals surface area contributed by atoms with Crippen LogP contribution in [0.5, 0.6) is 0 Å². The smallest absolute Gasteiger partial charge is 0.118 e. The Morgan fingerprint density at radius 3 is 2.30 bits per heavy atom. The predicted octanol–water partition coefficient (Wildman–Crippen LogP) is 5.31. The molecule has 27 heavy (non-hydrogen) atoms. The van der Waals surface area contributed by atoms with Crippen molar-refractivity contribution in [1.82, 2.24) is 4.90 Å². The van der Waals surface area contributed by atoms with E-state index in [1.807, 2.05) is 6.07 Å². The summed E-state index contributed by atoms with van der Waals surface area (Å²) in [5, 5.41) is 4.50. The first kappa shape index (κ1) is 19.6. The van der Waals surface area contributed by atoms with E-state index >= 15 is 0 Å². The third-order valence-electron chi connectivity index (χ3n) is 5.16. The van der Waals surface area contributed by atoms with Crippen LogP contribution in [0.15, 0.2) is 65.8 Å². The second kappa shape index (κ2) is 11.6. The molecule has 144 valence electrons. The molecule has 0 unspecified atom stereocenters. The van der Waals surface area contributed by atoms with Gasteiger partial charge in [-0.1, -0.05) is 65.8 Å². The molecule has 0 amide bonds. The van der Waals surface area contributed by atoms with E-state index in [0.29, 0.717) is 6.61 Å². The molecule has 2 aromatic carbocycles. The van der Waals surface area contributed by atoms with Crippen LogP contribution < -0.4 is 0 Å². The summed E-state index contributed by atoms with van der Waals surface area (Å²) in [6, 6.07) is 21.2. The number of unbranched alkanes of at least 4 members (excludes halogenated alkanes) is 1. The summed E-state index contributed by atoms with van der Waals surface area (Å²) in [5.74, 6) is 0. The van der Waals surface area contributed by atoms with Crippen LogP contribution in [-0.2, 0) is 11.3 Å². The minimum Gasteiger partial charge on any atom is -0.396 e. The molecule has 1 heterocycles. The van der Waals surface area contributed by atoms with Crippen molar-refractivity contribution in [3.05, 3.63) is 71.8 Å². The number of likely N-dealkylation sites (tertiary alicyclic amines) is 1. The molecule has 3 heteroatoms. The summed E-state index contributed by atoms with van der Waals surface area (Å²) >= 11 is 0. The number of hydrogen-bond donors (Lipinski definition) is 0. The van der Waals surface area contributed by atoms with Gasteiger partial charge in [-0.05, 0) is 69.2 Å². The quantitative estimate of drug-likeness (QED) is 0.307. The lowest BCUT2D eigenvalue weighted by Gasteiger charge is -2.13. The average Bonchev–Trinajstić information content (AvgIpc) is 3.24. The van der Waals surface area contributed by atoms with E-state index in [0.717, 1.165) is 37.9 Å². The van der Waals surface area contributed by atoms with E-state index < -0.39 is 0 Å². The van der Waals surface area contributed by atoms with E-state index in [-0.39, 0.29) is 0 Å². The highest BCUT2D eigenvalue weighted by Crippen LogP contribution is 2.12. The number of oxime groups is 1. The molecule has 1 saturated heterocycles. The van der Waals surface area contributed by atoms with E-state index in [4.69, 9.17) is 4.84 Å². The van der Waals surface area contributed by atoms with Gasteiger partial charge < -0.3 is 9.74 Å². The molecule has 1 aliphatic heterocycles. The normalized spacial score (nSPS) is 15.2. The second-order valence-electron chi connectivity index (χ2n) is 7.33. The highest BCUT2D eigenvalue weighted by atomic mass is 16.6. The Balaban J connectivity index is 1.43. The van der Waals surface area contributed by atoms with Crippen molar-refractivity contribution in [2.24, 2.45) is 5.16 Å². The van der Waals surface area contributed by atoms with E-state index in [1.54, 1.807) is 0 Å². The lowest BCUT2D eigenvalue weighted by Crippen LogP contribution is -2.21. The van der Waals surface area contributed by atoms with Crippen molar-refractivity contribution in [3.8, 4) is 0 Å². The van der Waals surface area contributed by atoms with Crippen molar-refractivity contribution in [2.75, 3.05) is 26.2 Å². The number of aryl methyl sites for hydroxylation is 1. The molecule has 0 aliphatic carbocycles. The Labute approximate surface area is 164 Å². The molecule has 2 aromatic rings. The SMILES string of the molecule is c1ccc(CCCCC(=NOCCCN2CCCC2)c2ccccc2)cc1. The molecule has 0 atom stereocenters. The highest BCUT2D eigenvalue weighted by Gasteiger charge is 2.10. The van der Waals surface area contributed by atoms with Gasteiger partial charge in [-0.3, -0.25) is 0 Å². The summed E-state index contributed by atoms with van der Waals surface area (Å²) in [5.41, 5.74) is 3.66. The van der Waals surface area contributed by atoms with Gasteiger partial charge in [0.05, 0.1) is 5.71 Å². The maximum Gasteiger partial charge on any atom is 0.118 e. The molecule has 1 fully saturated rings. The standard InChI is InChI=1S/C24H32N2O/c1-3-12-22(13-4-1)14-7-8-17-24(23-15-5-2-6-16-23)25-27-21-11-20-26-18-9-10-19-26/h1-6,12-13,15-16H,7-11,14,17-21H2. The first-order chi connectivity index (χ1) is 13.4. The predicted molar refractivity (Wildman–Crippen MR) is 113 cm³/mol. The van der Waals surface area contributed by atoms with E-state index in [1.165, 1.54) is 43.5 Å². The minimum atomic E-state index is 0.705. The number of hydrogen-bond acceptors (Lipinski definition) is 3. The third-order valence-corrected chi connectivity index (χ3v) is 5.16. The Kier molecular flexibility index (Phi) is 8.40. The van der Waals surface area contributed by atoms with Gasteiger partial charge in [-0.25, -0.2) is 0 Å². The lowest BCUT2D eigenvalue weighted by molar-refractivity contribution is 0.132. The molecule has 0 bridgehead atoms. The van der Waals surface area contributed by atoms with Crippen molar-refractivity contribution in [3.63, 3.8) is 0 Å². The zero-order valence-electron chi connectivity index (χ0n) is 16.4. The van der Waals surface area contributed by atoms with Gasteiger partial charge in [0.25, 0.3) is 0 Å². The van der Waals surface area contributed by atoms with Crippen LogP contribution in [0.25, 0.3) is 0 Å². The third kappa shape index (κ3) is 7.18. The monoisotopic (exact) mass is 364 g/mol. The van der Waals surface area contributed by atoms with Crippen LogP contribution >= 0.6 is 0 Å². The molecule has 0 saturated carbocycles. The fraction of sp³-hybridized carbons (Fsp3) is 0.458. The summed E-state index contributed by atoms with van der Waals surface area (Å²) in [6.45, 7) is 4.34. The summed E-state index contributed by atoms with van der Waals surface area (Å²) in [6.07, 6.45) is 8.13. The van der Waals surface area contributed by atoms with Gasteiger partial charge in [0.2, 0.25) is 0 Å². The van der Waals surface area contributed by atoms with E-state index in [2.05, 4.69) is 64.7 Å². The molecule has 3 rings (SSSR count). The Hall–Kier alpha value is -2.13. The van der Waals surface area contributed by atoms with Crippen molar-refractivity contribution >= 4 is 5.71 Å². The summed E-state index contributed by atoms with van der Waals surface area (Å²) < 4.78 is 0. The Bertz CT molecular complexity index is 663. The molecule has 0 spiro atoms.